The molecule has 0 bridgehead atoms. The van der Waals surface area contributed by atoms with E-state index in [1.807, 2.05) is 0 Å². The summed E-state index contributed by atoms with van der Waals surface area (Å²) in [5.41, 5.74) is 1.48. The second-order valence-electron chi connectivity index (χ2n) is 6.20. The summed E-state index contributed by atoms with van der Waals surface area (Å²) in [6, 6.07) is 10.9. The van der Waals surface area contributed by atoms with E-state index >= 15 is 0 Å². The molecule has 0 aromatic heterocycles. The van der Waals surface area contributed by atoms with Gasteiger partial charge in [0.25, 0.3) is 0 Å². The van der Waals surface area contributed by atoms with E-state index in [1.165, 1.54) is 37.7 Å². The first-order chi connectivity index (χ1) is 8.84. The molecule has 2 fully saturated rings. The summed E-state index contributed by atoms with van der Waals surface area (Å²) in [6.07, 6.45) is 8.79. The van der Waals surface area contributed by atoms with Gasteiger partial charge in [-0.05, 0) is 42.6 Å². The average Bonchev–Trinajstić information content (AvgIpc) is 2.94. The summed E-state index contributed by atoms with van der Waals surface area (Å²) in [7, 11) is 0. The Morgan fingerprint density at radius 1 is 0.889 bits per heavy atom. The van der Waals surface area contributed by atoms with Crippen LogP contribution in [0.5, 0.6) is 0 Å². The van der Waals surface area contributed by atoms with Crippen LogP contribution in [0.3, 0.4) is 0 Å². The lowest BCUT2D eigenvalue weighted by atomic mass is 9.71. The molecule has 1 heteroatoms. The SMILES string of the molecule is OC1CCC(c2ccccc2)CC1C1CCCC1. The number of aliphatic hydroxyl groups excluding tert-OH is 1. The van der Waals surface area contributed by atoms with E-state index in [9.17, 15) is 5.11 Å². The summed E-state index contributed by atoms with van der Waals surface area (Å²) < 4.78 is 0. The summed E-state index contributed by atoms with van der Waals surface area (Å²) in [5, 5.41) is 10.3. The Morgan fingerprint density at radius 3 is 2.33 bits per heavy atom. The Hall–Kier alpha value is -0.820. The van der Waals surface area contributed by atoms with E-state index < -0.39 is 0 Å². The Kier molecular flexibility index (Phi) is 3.69. The predicted octanol–water partition coefficient (Wildman–Crippen LogP) is 4.12. The van der Waals surface area contributed by atoms with E-state index in [2.05, 4.69) is 30.3 Å². The van der Waals surface area contributed by atoms with Crippen molar-refractivity contribution in [1.82, 2.24) is 0 Å². The standard InChI is InChI=1S/C17H24O/c18-17-11-10-15(13-6-2-1-3-7-13)12-16(17)14-8-4-5-9-14/h1-3,6-7,14-18H,4-5,8-12H2. The fourth-order valence-corrected chi connectivity index (χ4v) is 4.11. The number of aliphatic hydroxyl groups is 1. The fourth-order valence-electron chi connectivity index (χ4n) is 4.11. The molecule has 2 aliphatic rings. The molecular formula is C17H24O. The Labute approximate surface area is 110 Å². The van der Waals surface area contributed by atoms with E-state index in [1.54, 1.807) is 0 Å². The van der Waals surface area contributed by atoms with Crippen LogP contribution in [-0.4, -0.2) is 11.2 Å². The van der Waals surface area contributed by atoms with Crippen LogP contribution in [0.25, 0.3) is 0 Å². The maximum atomic E-state index is 10.3. The van der Waals surface area contributed by atoms with Crippen molar-refractivity contribution in [2.24, 2.45) is 11.8 Å². The van der Waals surface area contributed by atoms with E-state index in [0.717, 1.165) is 18.8 Å². The van der Waals surface area contributed by atoms with E-state index in [0.29, 0.717) is 11.8 Å². The molecule has 98 valence electrons. The van der Waals surface area contributed by atoms with Crippen LogP contribution >= 0.6 is 0 Å². The molecule has 3 atom stereocenters. The van der Waals surface area contributed by atoms with Crippen LogP contribution in [-0.2, 0) is 0 Å². The minimum Gasteiger partial charge on any atom is -0.393 e. The molecule has 18 heavy (non-hydrogen) atoms. The number of hydrogen-bond donors (Lipinski definition) is 1. The van der Waals surface area contributed by atoms with Crippen LogP contribution in [0.4, 0.5) is 0 Å². The lowest BCUT2D eigenvalue weighted by Crippen LogP contribution is -2.32. The Balaban J connectivity index is 1.71. The van der Waals surface area contributed by atoms with Crippen molar-refractivity contribution in [3.8, 4) is 0 Å². The molecule has 1 aromatic rings. The lowest BCUT2D eigenvalue weighted by molar-refractivity contribution is 0.0306. The Bertz CT molecular complexity index is 366. The normalized spacial score (nSPS) is 33.7. The van der Waals surface area contributed by atoms with Gasteiger partial charge in [-0.1, -0.05) is 56.0 Å². The quantitative estimate of drug-likeness (QED) is 0.829. The van der Waals surface area contributed by atoms with Gasteiger partial charge >= 0.3 is 0 Å². The molecule has 0 heterocycles. The maximum absolute atomic E-state index is 10.3. The van der Waals surface area contributed by atoms with Crippen LogP contribution in [0, 0.1) is 11.8 Å². The van der Waals surface area contributed by atoms with Crippen LogP contribution in [0.2, 0.25) is 0 Å². The molecule has 1 aromatic carbocycles. The fraction of sp³-hybridized carbons (Fsp3) is 0.647. The number of hydrogen-bond acceptors (Lipinski definition) is 1. The molecule has 0 radical (unpaired) electrons. The summed E-state index contributed by atoms with van der Waals surface area (Å²) >= 11 is 0. The first-order valence-corrected chi connectivity index (χ1v) is 7.57. The van der Waals surface area contributed by atoms with Crippen molar-refractivity contribution in [3.63, 3.8) is 0 Å². The monoisotopic (exact) mass is 244 g/mol. The zero-order chi connectivity index (χ0) is 12.4. The van der Waals surface area contributed by atoms with Gasteiger partial charge in [0.05, 0.1) is 6.10 Å². The predicted molar refractivity (Wildman–Crippen MR) is 74.5 cm³/mol. The minimum atomic E-state index is -0.0342. The molecule has 0 saturated heterocycles. The topological polar surface area (TPSA) is 20.2 Å². The van der Waals surface area contributed by atoms with Gasteiger partial charge in [0.15, 0.2) is 0 Å². The summed E-state index contributed by atoms with van der Waals surface area (Å²) in [4.78, 5) is 0. The third-order valence-electron chi connectivity index (χ3n) is 5.14. The molecular weight excluding hydrogens is 220 g/mol. The molecule has 0 aliphatic heterocycles. The second-order valence-corrected chi connectivity index (χ2v) is 6.20. The van der Waals surface area contributed by atoms with E-state index in [-0.39, 0.29) is 6.10 Å². The van der Waals surface area contributed by atoms with Gasteiger partial charge in [-0.3, -0.25) is 0 Å². The van der Waals surface area contributed by atoms with Gasteiger partial charge in [0.1, 0.15) is 0 Å². The van der Waals surface area contributed by atoms with Crippen LogP contribution in [0.15, 0.2) is 30.3 Å². The van der Waals surface area contributed by atoms with E-state index in [4.69, 9.17) is 0 Å². The number of rotatable bonds is 2. The molecule has 3 unspecified atom stereocenters. The second kappa shape index (κ2) is 5.44. The van der Waals surface area contributed by atoms with Crippen LogP contribution < -0.4 is 0 Å². The number of benzene rings is 1. The molecule has 1 nitrogen and oxygen atoms in total. The highest BCUT2D eigenvalue weighted by molar-refractivity contribution is 5.20. The molecule has 0 spiro atoms. The average molecular weight is 244 g/mol. The van der Waals surface area contributed by atoms with Crippen molar-refractivity contribution in [2.45, 2.75) is 57.0 Å². The zero-order valence-corrected chi connectivity index (χ0v) is 11.1. The van der Waals surface area contributed by atoms with Gasteiger partial charge in [-0.15, -0.1) is 0 Å². The zero-order valence-electron chi connectivity index (χ0n) is 11.1. The highest BCUT2D eigenvalue weighted by atomic mass is 16.3. The third kappa shape index (κ3) is 2.47. The smallest absolute Gasteiger partial charge is 0.0571 e. The Morgan fingerprint density at radius 2 is 1.61 bits per heavy atom. The van der Waals surface area contributed by atoms with Crippen molar-refractivity contribution in [1.29, 1.82) is 0 Å². The summed E-state index contributed by atoms with van der Waals surface area (Å²) in [5.74, 6) is 2.04. The van der Waals surface area contributed by atoms with Crippen molar-refractivity contribution >= 4 is 0 Å². The van der Waals surface area contributed by atoms with Gasteiger partial charge in [0.2, 0.25) is 0 Å². The first-order valence-electron chi connectivity index (χ1n) is 7.57. The van der Waals surface area contributed by atoms with Crippen LogP contribution in [0.1, 0.15) is 56.4 Å². The minimum absolute atomic E-state index is 0.0342. The van der Waals surface area contributed by atoms with Crippen molar-refractivity contribution < 1.29 is 5.11 Å². The maximum Gasteiger partial charge on any atom is 0.0571 e. The van der Waals surface area contributed by atoms with Gasteiger partial charge in [0, 0.05) is 0 Å². The molecule has 1 N–H and O–H groups in total. The molecule has 2 aliphatic carbocycles. The molecule has 2 saturated carbocycles. The third-order valence-corrected chi connectivity index (χ3v) is 5.14. The first kappa shape index (κ1) is 12.2. The largest absolute Gasteiger partial charge is 0.393 e. The van der Waals surface area contributed by atoms with Gasteiger partial charge in [-0.2, -0.15) is 0 Å². The van der Waals surface area contributed by atoms with Crippen molar-refractivity contribution in [3.05, 3.63) is 35.9 Å². The molecule has 0 amide bonds. The van der Waals surface area contributed by atoms with Gasteiger partial charge in [-0.25, -0.2) is 0 Å². The highest BCUT2D eigenvalue weighted by Gasteiger charge is 2.36. The van der Waals surface area contributed by atoms with Crippen molar-refractivity contribution in [2.75, 3.05) is 0 Å². The lowest BCUT2D eigenvalue weighted by Gasteiger charge is -2.37. The van der Waals surface area contributed by atoms with Gasteiger partial charge < -0.3 is 5.11 Å². The summed E-state index contributed by atoms with van der Waals surface area (Å²) in [6.45, 7) is 0. The highest BCUT2D eigenvalue weighted by Crippen LogP contribution is 2.44. The molecule has 3 rings (SSSR count).